The van der Waals surface area contributed by atoms with E-state index >= 15 is 0 Å². The molecule has 0 saturated heterocycles. The summed E-state index contributed by atoms with van der Waals surface area (Å²) < 4.78 is 0. The van der Waals surface area contributed by atoms with Gasteiger partial charge in [-0.05, 0) is 51.4 Å². The second kappa shape index (κ2) is 16.5. The van der Waals surface area contributed by atoms with Gasteiger partial charge in [-0.25, -0.2) is 0 Å². The maximum Gasteiger partial charge on any atom is 0 e. The molecule has 0 spiro atoms. The van der Waals surface area contributed by atoms with Gasteiger partial charge in [-0.15, -0.1) is 0 Å². The van der Waals surface area contributed by atoms with Crippen LogP contribution < -0.4 is 0 Å². The molecule has 0 amide bonds. The molecule has 1 nitrogen and oxygen atoms in total. The van der Waals surface area contributed by atoms with Crippen molar-refractivity contribution in [2.45, 2.75) is 51.4 Å². The van der Waals surface area contributed by atoms with Gasteiger partial charge in [0.2, 0.25) is 0 Å². The molecule has 1 radical (unpaired) electrons. The van der Waals surface area contributed by atoms with Crippen LogP contribution in [0.4, 0.5) is 0 Å². The van der Waals surface area contributed by atoms with E-state index in [9.17, 15) is 0 Å². The third-order valence-corrected chi connectivity index (χ3v) is 2.67. The Kier molecular flexibility index (Phi) is 18.3. The standard InChI is InChI=1S/2C8H12.H2O.Rh/c2*1-2-4-6-8-7-5-3-1;;/h2*1-2,7-8H,3-6H2;1H2;/p-1/b2*2-1-,8-7?;;. The van der Waals surface area contributed by atoms with E-state index in [1.54, 1.807) is 0 Å². The molecule has 18 heavy (non-hydrogen) atoms. The number of hydrogen-bond donors (Lipinski definition) is 0. The Hall–Kier alpha value is -0.457. The van der Waals surface area contributed by atoms with Gasteiger partial charge in [-0.2, -0.15) is 0 Å². The third-order valence-electron chi connectivity index (χ3n) is 2.67. The van der Waals surface area contributed by atoms with Crippen LogP contribution in [0, 0.1) is 0 Å². The van der Waals surface area contributed by atoms with Crippen molar-refractivity contribution in [1.82, 2.24) is 0 Å². The maximum atomic E-state index is 2.27. The summed E-state index contributed by atoms with van der Waals surface area (Å²) in [5.41, 5.74) is 0. The minimum Gasteiger partial charge on any atom is -0.870 e. The minimum absolute atomic E-state index is 0. The van der Waals surface area contributed by atoms with E-state index in [4.69, 9.17) is 0 Å². The van der Waals surface area contributed by atoms with Crippen LogP contribution in [0.15, 0.2) is 48.6 Å². The summed E-state index contributed by atoms with van der Waals surface area (Å²) in [6.45, 7) is 0. The van der Waals surface area contributed by atoms with Crippen LogP contribution in [-0.2, 0) is 19.5 Å². The summed E-state index contributed by atoms with van der Waals surface area (Å²) in [6, 6.07) is 0. The maximum absolute atomic E-state index is 2.27. The summed E-state index contributed by atoms with van der Waals surface area (Å²) in [5.74, 6) is 0. The Morgan fingerprint density at radius 1 is 0.333 bits per heavy atom. The Morgan fingerprint density at radius 2 is 0.444 bits per heavy atom. The monoisotopic (exact) mass is 336 g/mol. The number of allylic oxidation sites excluding steroid dienone is 8. The van der Waals surface area contributed by atoms with Crippen molar-refractivity contribution in [2.75, 3.05) is 0 Å². The van der Waals surface area contributed by atoms with Crippen LogP contribution in [0.1, 0.15) is 51.4 Å². The summed E-state index contributed by atoms with van der Waals surface area (Å²) in [5, 5.41) is 0. The second-order valence-electron chi connectivity index (χ2n) is 4.20. The second-order valence-corrected chi connectivity index (χ2v) is 4.20. The fraction of sp³-hybridized carbons (Fsp3) is 0.500. The number of hydrogen-bond acceptors (Lipinski definition) is 1. The van der Waals surface area contributed by atoms with E-state index in [0.717, 1.165) is 0 Å². The topological polar surface area (TPSA) is 30.0 Å². The van der Waals surface area contributed by atoms with Crippen molar-refractivity contribution in [3.63, 3.8) is 0 Å². The van der Waals surface area contributed by atoms with Gasteiger partial charge in [0.15, 0.2) is 0 Å². The molecule has 0 heterocycles. The zero-order valence-electron chi connectivity index (χ0n) is 11.1. The Morgan fingerprint density at radius 3 is 0.556 bits per heavy atom. The van der Waals surface area contributed by atoms with Crippen LogP contribution in [0.5, 0.6) is 0 Å². The number of rotatable bonds is 0. The van der Waals surface area contributed by atoms with E-state index in [2.05, 4.69) is 48.6 Å². The fourth-order valence-corrected chi connectivity index (χ4v) is 1.71. The molecule has 105 valence electrons. The largest absolute Gasteiger partial charge is 0.870 e. The Bertz CT molecular complexity index is 184. The van der Waals surface area contributed by atoms with Gasteiger partial charge in [0.05, 0.1) is 0 Å². The van der Waals surface area contributed by atoms with E-state index in [1.165, 1.54) is 51.4 Å². The van der Waals surface area contributed by atoms with Crippen molar-refractivity contribution in [1.29, 1.82) is 0 Å². The molecule has 1 N–H and O–H groups in total. The van der Waals surface area contributed by atoms with Gasteiger partial charge in [-0.3, -0.25) is 0 Å². The molecule has 2 aliphatic rings. The molecule has 0 saturated carbocycles. The molecule has 2 rings (SSSR count). The summed E-state index contributed by atoms with van der Waals surface area (Å²) in [6.07, 6.45) is 28.0. The van der Waals surface area contributed by atoms with Gasteiger partial charge in [0.25, 0.3) is 0 Å². The summed E-state index contributed by atoms with van der Waals surface area (Å²) >= 11 is 0. The molecule has 2 heteroatoms. The van der Waals surface area contributed by atoms with Gasteiger partial charge < -0.3 is 5.48 Å². The van der Waals surface area contributed by atoms with Gasteiger partial charge in [0, 0.05) is 19.5 Å². The molecule has 0 aromatic heterocycles. The quantitative estimate of drug-likeness (QED) is 0.443. The van der Waals surface area contributed by atoms with Crippen LogP contribution >= 0.6 is 0 Å². The first-order valence-corrected chi connectivity index (χ1v) is 6.60. The molecule has 2 aliphatic carbocycles. The fourth-order valence-electron chi connectivity index (χ4n) is 1.71. The summed E-state index contributed by atoms with van der Waals surface area (Å²) in [4.78, 5) is 0. The van der Waals surface area contributed by atoms with Crippen molar-refractivity contribution < 1.29 is 25.0 Å². The SMILES string of the molecule is C1=CCC/C=C\CC1.C1=CCC/C=C\CC1.[OH-].[Rh]. The van der Waals surface area contributed by atoms with Crippen LogP contribution in [0.3, 0.4) is 0 Å². The molecule has 0 unspecified atom stereocenters. The molecule has 0 aromatic rings. The predicted molar refractivity (Wildman–Crippen MR) is 75.4 cm³/mol. The molecule has 0 aromatic carbocycles. The van der Waals surface area contributed by atoms with Crippen molar-refractivity contribution in [3.05, 3.63) is 48.6 Å². The predicted octanol–water partition coefficient (Wildman–Crippen LogP) is 5.17. The van der Waals surface area contributed by atoms with E-state index in [1.807, 2.05) is 0 Å². The van der Waals surface area contributed by atoms with E-state index < -0.39 is 0 Å². The van der Waals surface area contributed by atoms with Crippen LogP contribution in [0.2, 0.25) is 0 Å². The third kappa shape index (κ3) is 13.6. The Labute approximate surface area is 125 Å². The van der Waals surface area contributed by atoms with Gasteiger partial charge in [0.1, 0.15) is 0 Å². The molecular formula is C16H25ORh-. The molecule has 0 fully saturated rings. The summed E-state index contributed by atoms with van der Waals surface area (Å²) in [7, 11) is 0. The van der Waals surface area contributed by atoms with Crippen LogP contribution in [-0.4, -0.2) is 5.48 Å². The first-order chi connectivity index (χ1) is 8.00. The van der Waals surface area contributed by atoms with Gasteiger partial charge in [-0.1, -0.05) is 48.6 Å². The molecular weight excluding hydrogens is 311 g/mol. The normalized spacial score (nSPS) is 21.3. The first-order valence-electron chi connectivity index (χ1n) is 6.60. The van der Waals surface area contributed by atoms with E-state index in [0.29, 0.717) is 0 Å². The first kappa shape index (κ1) is 19.9. The molecule has 0 aliphatic heterocycles. The zero-order chi connectivity index (χ0) is 11.3. The molecule has 0 bridgehead atoms. The van der Waals surface area contributed by atoms with E-state index in [-0.39, 0.29) is 25.0 Å². The Balaban J connectivity index is 0. The smallest absolute Gasteiger partial charge is 0 e. The average molecular weight is 336 g/mol. The zero-order valence-corrected chi connectivity index (χ0v) is 12.7. The van der Waals surface area contributed by atoms with Crippen molar-refractivity contribution >= 4 is 0 Å². The van der Waals surface area contributed by atoms with Crippen molar-refractivity contribution in [2.24, 2.45) is 0 Å². The van der Waals surface area contributed by atoms with Gasteiger partial charge >= 0.3 is 0 Å². The molecule has 0 atom stereocenters. The average Bonchev–Trinajstić information content (AvgIpc) is 2.15. The van der Waals surface area contributed by atoms with Crippen LogP contribution in [0.25, 0.3) is 0 Å². The van der Waals surface area contributed by atoms with Crippen molar-refractivity contribution in [3.8, 4) is 0 Å². The minimum atomic E-state index is 0.